The molecular weight excluding hydrogens is 376 g/mol. The van der Waals surface area contributed by atoms with Crippen molar-refractivity contribution in [3.63, 3.8) is 0 Å². The molecule has 0 aliphatic carbocycles. The number of hydrogen-bond acceptors (Lipinski definition) is 4. The lowest BCUT2D eigenvalue weighted by atomic mass is 9.74. The van der Waals surface area contributed by atoms with Gasteiger partial charge in [0.2, 0.25) is 10.0 Å². The first-order valence-corrected chi connectivity index (χ1v) is 11.1. The second kappa shape index (κ2) is 8.32. The van der Waals surface area contributed by atoms with Gasteiger partial charge in [0.1, 0.15) is 0 Å². The Morgan fingerprint density at radius 2 is 1.68 bits per heavy atom. The lowest BCUT2D eigenvalue weighted by Crippen LogP contribution is -2.44. The predicted molar refractivity (Wildman–Crippen MR) is 110 cm³/mol. The summed E-state index contributed by atoms with van der Waals surface area (Å²) < 4.78 is 30.5. The summed E-state index contributed by atoms with van der Waals surface area (Å²) in [5.41, 5.74) is 1.70. The molecule has 0 aromatic heterocycles. The first-order chi connectivity index (χ1) is 13.3. The standard InChI is InChI=1S/C21H26N2O4S/c1-23(28(2,25)26)19-11-7-6-10-18(19)20(24)22-16-21(12-14-27-15-13-21)17-8-4-3-5-9-17/h3-11H,12-16H2,1-2H3,(H,22,24). The number of nitrogens with zero attached hydrogens (tertiary/aromatic N) is 1. The predicted octanol–water partition coefficient (Wildman–Crippen LogP) is 2.56. The number of carbonyl (C=O) groups is 1. The summed E-state index contributed by atoms with van der Waals surface area (Å²) in [6.07, 6.45) is 2.76. The Kier molecular flexibility index (Phi) is 6.05. The SMILES string of the molecule is CN(c1ccccc1C(=O)NCC1(c2ccccc2)CCOCC1)S(C)(=O)=O. The first-order valence-electron chi connectivity index (χ1n) is 9.28. The Hall–Kier alpha value is -2.38. The molecule has 2 aromatic rings. The van der Waals surface area contributed by atoms with Crippen LogP contribution in [-0.2, 0) is 20.2 Å². The molecule has 1 aliphatic rings. The van der Waals surface area contributed by atoms with Gasteiger partial charge >= 0.3 is 0 Å². The van der Waals surface area contributed by atoms with Gasteiger partial charge in [0.05, 0.1) is 17.5 Å². The molecule has 2 aromatic carbocycles. The molecule has 1 aliphatic heterocycles. The summed E-state index contributed by atoms with van der Waals surface area (Å²) in [5, 5.41) is 3.04. The first kappa shape index (κ1) is 20.4. The van der Waals surface area contributed by atoms with E-state index in [1.165, 1.54) is 12.6 Å². The van der Waals surface area contributed by atoms with Crippen LogP contribution in [0, 0.1) is 0 Å². The van der Waals surface area contributed by atoms with E-state index < -0.39 is 10.0 Å². The number of amides is 1. The molecule has 3 rings (SSSR count). The molecule has 28 heavy (non-hydrogen) atoms. The van der Waals surface area contributed by atoms with Gasteiger partial charge < -0.3 is 10.1 Å². The van der Waals surface area contributed by atoms with E-state index in [1.54, 1.807) is 24.3 Å². The van der Waals surface area contributed by atoms with Gasteiger partial charge in [-0.15, -0.1) is 0 Å². The molecule has 1 saturated heterocycles. The highest BCUT2D eigenvalue weighted by atomic mass is 32.2. The van der Waals surface area contributed by atoms with Crippen molar-refractivity contribution in [1.82, 2.24) is 5.32 Å². The Morgan fingerprint density at radius 1 is 1.07 bits per heavy atom. The van der Waals surface area contributed by atoms with Crippen molar-refractivity contribution < 1.29 is 17.9 Å². The highest BCUT2D eigenvalue weighted by molar-refractivity contribution is 7.92. The maximum atomic E-state index is 12.9. The number of anilines is 1. The molecule has 1 amide bonds. The van der Waals surface area contributed by atoms with Crippen LogP contribution in [0.4, 0.5) is 5.69 Å². The molecule has 0 spiro atoms. The molecule has 0 radical (unpaired) electrons. The van der Waals surface area contributed by atoms with Gasteiger partial charge in [0.15, 0.2) is 0 Å². The summed E-state index contributed by atoms with van der Waals surface area (Å²) in [4.78, 5) is 12.9. The van der Waals surface area contributed by atoms with Crippen molar-refractivity contribution >= 4 is 21.6 Å². The fourth-order valence-corrected chi connectivity index (χ4v) is 4.10. The monoisotopic (exact) mass is 402 g/mol. The number of carbonyl (C=O) groups excluding carboxylic acids is 1. The Balaban J connectivity index is 1.83. The van der Waals surface area contributed by atoms with Crippen molar-refractivity contribution in [2.45, 2.75) is 18.3 Å². The quantitative estimate of drug-likeness (QED) is 0.806. The largest absolute Gasteiger partial charge is 0.381 e. The maximum absolute atomic E-state index is 12.9. The molecule has 1 fully saturated rings. The fraction of sp³-hybridized carbons (Fsp3) is 0.381. The van der Waals surface area contributed by atoms with Crippen molar-refractivity contribution in [2.75, 3.05) is 37.4 Å². The second-order valence-corrected chi connectivity index (χ2v) is 9.20. The van der Waals surface area contributed by atoms with E-state index in [0.29, 0.717) is 31.0 Å². The van der Waals surface area contributed by atoms with Crippen LogP contribution in [0.5, 0.6) is 0 Å². The van der Waals surface area contributed by atoms with E-state index >= 15 is 0 Å². The zero-order chi connectivity index (χ0) is 20.2. The molecular formula is C21H26N2O4S. The van der Waals surface area contributed by atoms with Gasteiger partial charge in [-0.2, -0.15) is 0 Å². The van der Waals surface area contributed by atoms with Crippen LogP contribution in [0.2, 0.25) is 0 Å². The topological polar surface area (TPSA) is 75.7 Å². The molecule has 7 heteroatoms. The van der Waals surface area contributed by atoms with E-state index in [2.05, 4.69) is 17.4 Å². The number of para-hydroxylation sites is 1. The molecule has 0 bridgehead atoms. The van der Waals surface area contributed by atoms with Crippen LogP contribution in [0.25, 0.3) is 0 Å². The molecule has 1 N–H and O–H groups in total. The average molecular weight is 403 g/mol. The second-order valence-electron chi connectivity index (χ2n) is 7.19. The third kappa shape index (κ3) is 4.36. The smallest absolute Gasteiger partial charge is 0.253 e. The minimum absolute atomic E-state index is 0.188. The zero-order valence-corrected chi connectivity index (χ0v) is 17.0. The normalized spacial score (nSPS) is 16.4. The molecule has 0 atom stereocenters. The van der Waals surface area contributed by atoms with Gasteiger partial charge in [-0.05, 0) is 30.5 Å². The van der Waals surface area contributed by atoms with Crippen LogP contribution in [0.3, 0.4) is 0 Å². The number of ether oxygens (including phenoxy) is 1. The maximum Gasteiger partial charge on any atom is 0.253 e. The van der Waals surface area contributed by atoms with Gasteiger partial charge in [0, 0.05) is 32.2 Å². The Labute approximate surface area is 166 Å². The summed E-state index contributed by atoms with van der Waals surface area (Å²) in [6.45, 7) is 1.77. The fourth-order valence-electron chi connectivity index (χ4n) is 3.58. The summed E-state index contributed by atoms with van der Waals surface area (Å²) >= 11 is 0. The third-order valence-corrected chi connectivity index (χ3v) is 6.60. The van der Waals surface area contributed by atoms with Gasteiger partial charge in [-0.25, -0.2) is 8.42 Å². The highest BCUT2D eigenvalue weighted by Gasteiger charge is 2.35. The molecule has 0 unspecified atom stereocenters. The minimum Gasteiger partial charge on any atom is -0.381 e. The number of sulfonamides is 1. The van der Waals surface area contributed by atoms with Crippen LogP contribution >= 0.6 is 0 Å². The molecule has 150 valence electrons. The minimum atomic E-state index is -3.47. The summed E-state index contributed by atoms with van der Waals surface area (Å²) in [7, 11) is -2.02. The summed E-state index contributed by atoms with van der Waals surface area (Å²) in [6, 6.07) is 16.9. The number of hydrogen-bond donors (Lipinski definition) is 1. The summed E-state index contributed by atoms with van der Waals surface area (Å²) in [5.74, 6) is -0.284. The Morgan fingerprint density at radius 3 is 2.32 bits per heavy atom. The van der Waals surface area contributed by atoms with Crippen LogP contribution < -0.4 is 9.62 Å². The number of benzene rings is 2. The zero-order valence-electron chi connectivity index (χ0n) is 16.2. The van der Waals surface area contributed by atoms with Gasteiger partial charge in [-0.1, -0.05) is 42.5 Å². The lowest BCUT2D eigenvalue weighted by molar-refractivity contribution is 0.0487. The van der Waals surface area contributed by atoms with Crippen LogP contribution in [-0.4, -0.2) is 47.4 Å². The van der Waals surface area contributed by atoms with Crippen molar-refractivity contribution in [3.8, 4) is 0 Å². The molecule has 1 heterocycles. The van der Waals surface area contributed by atoms with E-state index in [-0.39, 0.29) is 11.3 Å². The van der Waals surface area contributed by atoms with E-state index in [1.807, 2.05) is 18.2 Å². The molecule has 0 saturated carbocycles. The van der Waals surface area contributed by atoms with Crippen LogP contribution in [0.15, 0.2) is 54.6 Å². The van der Waals surface area contributed by atoms with E-state index in [4.69, 9.17) is 4.74 Å². The highest BCUT2D eigenvalue weighted by Crippen LogP contribution is 2.34. The van der Waals surface area contributed by atoms with Crippen molar-refractivity contribution in [1.29, 1.82) is 0 Å². The lowest BCUT2D eigenvalue weighted by Gasteiger charge is -2.38. The van der Waals surface area contributed by atoms with E-state index in [9.17, 15) is 13.2 Å². The van der Waals surface area contributed by atoms with Crippen LogP contribution in [0.1, 0.15) is 28.8 Å². The average Bonchev–Trinajstić information content (AvgIpc) is 2.72. The number of nitrogens with one attached hydrogen (secondary N) is 1. The Bertz CT molecular complexity index is 922. The third-order valence-electron chi connectivity index (χ3n) is 5.41. The van der Waals surface area contributed by atoms with E-state index in [0.717, 1.165) is 23.4 Å². The number of rotatable bonds is 6. The van der Waals surface area contributed by atoms with Crippen molar-refractivity contribution in [3.05, 3.63) is 65.7 Å². The van der Waals surface area contributed by atoms with Gasteiger partial charge in [-0.3, -0.25) is 9.10 Å². The molecule has 6 nitrogen and oxygen atoms in total. The van der Waals surface area contributed by atoms with Gasteiger partial charge in [0.25, 0.3) is 5.91 Å². The van der Waals surface area contributed by atoms with Crippen molar-refractivity contribution in [2.24, 2.45) is 0 Å².